The Morgan fingerprint density at radius 1 is 1.30 bits per heavy atom. The van der Waals surface area contributed by atoms with E-state index in [1.54, 1.807) is 7.11 Å². The van der Waals surface area contributed by atoms with Crippen LogP contribution in [0.2, 0.25) is 0 Å². The Kier molecular flexibility index (Phi) is 5.41. The fraction of sp³-hybridized carbons (Fsp3) is 0.562. The van der Waals surface area contributed by atoms with Gasteiger partial charge in [-0.2, -0.15) is 0 Å². The minimum Gasteiger partial charge on any atom is -0.497 e. The number of ether oxygens (including phenoxy) is 1. The molecule has 4 heteroatoms. The van der Waals surface area contributed by atoms with E-state index in [9.17, 15) is 4.79 Å². The lowest BCUT2D eigenvalue weighted by molar-refractivity contribution is -0.132. The van der Waals surface area contributed by atoms with Crippen LogP contribution in [0.4, 0.5) is 0 Å². The number of benzene rings is 1. The summed E-state index contributed by atoms with van der Waals surface area (Å²) >= 11 is 0. The average Bonchev–Trinajstić information content (AvgIpc) is 2.49. The second kappa shape index (κ2) is 7.29. The molecule has 1 unspecified atom stereocenters. The summed E-state index contributed by atoms with van der Waals surface area (Å²) in [6, 6.07) is 8.09. The summed E-state index contributed by atoms with van der Waals surface area (Å²) in [7, 11) is 1.67. The van der Waals surface area contributed by atoms with Crippen LogP contribution in [0.5, 0.6) is 5.75 Å². The summed E-state index contributed by atoms with van der Waals surface area (Å²) in [6.07, 6.45) is 1.56. The predicted molar refractivity (Wildman–Crippen MR) is 79.9 cm³/mol. The molecule has 4 nitrogen and oxygen atoms in total. The first-order valence-corrected chi connectivity index (χ1v) is 7.30. The van der Waals surface area contributed by atoms with Gasteiger partial charge in [-0.25, -0.2) is 0 Å². The van der Waals surface area contributed by atoms with Gasteiger partial charge in [0.25, 0.3) is 0 Å². The first-order chi connectivity index (χ1) is 9.69. The number of nitrogens with one attached hydrogen (secondary N) is 1. The van der Waals surface area contributed by atoms with Gasteiger partial charge in [-0.1, -0.05) is 19.1 Å². The number of amides is 1. The van der Waals surface area contributed by atoms with E-state index < -0.39 is 0 Å². The highest BCUT2D eigenvalue weighted by Crippen LogP contribution is 2.17. The van der Waals surface area contributed by atoms with E-state index in [4.69, 9.17) is 4.74 Å². The van der Waals surface area contributed by atoms with Crippen LogP contribution in [0.3, 0.4) is 0 Å². The molecule has 1 N–H and O–H groups in total. The fourth-order valence-corrected chi connectivity index (χ4v) is 2.58. The zero-order chi connectivity index (χ0) is 14.4. The molecular formula is C16H24N2O2. The first kappa shape index (κ1) is 14.9. The number of carbonyl (C=O) groups is 1. The summed E-state index contributed by atoms with van der Waals surface area (Å²) in [5.74, 6) is 1.52. The van der Waals surface area contributed by atoms with Crippen molar-refractivity contribution in [1.82, 2.24) is 10.2 Å². The van der Waals surface area contributed by atoms with Gasteiger partial charge >= 0.3 is 0 Å². The molecule has 0 radical (unpaired) electrons. The Hall–Kier alpha value is -1.55. The summed E-state index contributed by atoms with van der Waals surface area (Å²) in [5.41, 5.74) is 1.26. The van der Waals surface area contributed by atoms with E-state index >= 15 is 0 Å². The van der Waals surface area contributed by atoms with Crippen molar-refractivity contribution in [2.75, 3.05) is 33.3 Å². The Bertz CT molecular complexity index is 425. The number of hydrogen-bond donors (Lipinski definition) is 1. The van der Waals surface area contributed by atoms with E-state index in [2.05, 4.69) is 24.4 Å². The molecule has 1 heterocycles. The number of nitrogens with zero attached hydrogens (tertiary/aromatic N) is 1. The van der Waals surface area contributed by atoms with Gasteiger partial charge in [0.1, 0.15) is 5.75 Å². The molecule has 20 heavy (non-hydrogen) atoms. The van der Waals surface area contributed by atoms with Gasteiger partial charge in [0.15, 0.2) is 0 Å². The zero-order valence-electron chi connectivity index (χ0n) is 12.4. The predicted octanol–water partition coefficient (Wildman–Crippen LogP) is 1.70. The van der Waals surface area contributed by atoms with Crippen molar-refractivity contribution in [3.63, 3.8) is 0 Å². The molecule has 1 amide bonds. The molecule has 1 aliphatic heterocycles. The molecule has 110 valence electrons. The van der Waals surface area contributed by atoms with Crippen molar-refractivity contribution >= 4 is 5.91 Å². The minimum absolute atomic E-state index is 0.285. The molecule has 1 fully saturated rings. The van der Waals surface area contributed by atoms with Gasteiger partial charge in [-0.15, -0.1) is 0 Å². The highest BCUT2D eigenvalue weighted by atomic mass is 16.5. The van der Waals surface area contributed by atoms with E-state index in [1.165, 1.54) is 5.56 Å². The van der Waals surface area contributed by atoms with Crippen molar-refractivity contribution in [3.8, 4) is 5.75 Å². The summed E-state index contributed by atoms with van der Waals surface area (Å²) < 4.78 is 5.15. The maximum atomic E-state index is 12.2. The average molecular weight is 276 g/mol. The lowest BCUT2D eigenvalue weighted by Crippen LogP contribution is -2.46. The van der Waals surface area contributed by atoms with E-state index in [0.717, 1.165) is 38.3 Å². The lowest BCUT2D eigenvalue weighted by atomic mass is 9.97. The van der Waals surface area contributed by atoms with Crippen LogP contribution in [-0.2, 0) is 11.2 Å². The standard InChI is InChI=1S/C16H24N2O2/c1-13(11-14-3-5-15(20-2)6-4-14)12-16(19)18-9-7-17-8-10-18/h3-6,13,17H,7-12H2,1-2H3. The van der Waals surface area contributed by atoms with Crippen molar-refractivity contribution < 1.29 is 9.53 Å². The first-order valence-electron chi connectivity index (χ1n) is 7.30. The Balaban J connectivity index is 1.81. The lowest BCUT2D eigenvalue weighted by Gasteiger charge is -2.28. The SMILES string of the molecule is COc1ccc(CC(C)CC(=O)N2CCNCC2)cc1. The van der Waals surface area contributed by atoms with E-state index in [1.807, 2.05) is 17.0 Å². The topological polar surface area (TPSA) is 41.6 Å². The maximum absolute atomic E-state index is 12.2. The molecule has 0 aromatic heterocycles. The van der Waals surface area contributed by atoms with Crippen LogP contribution >= 0.6 is 0 Å². The largest absolute Gasteiger partial charge is 0.497 e. The van der Waals surface area contributed by atoms with Crippen molar-refractivity contribution in [2.45, 2.75) is 19.8 Å². The number of hydrogen-bond acceptors (Lipinski definition) is 3. The third-order valence-electron chi connectivity index (χ3n) is 3.74. The Labute approximate surface area is 121 Å². The van der Waals surface area contributed by atoms with Crippen LogP contribution in [0, 0.1) is 5.92 Å². The number of methoxy groups -OCH3 is 1. The second-order valence-electron chi connectivity index (χ2n) is 5.49. The van der Waals surface area contributed by atoms with Crippen LogP contribution in [0.15, 0.2) is 24.3 Å². The molecule has 0 aliphatic carbocycles. The molecule has 2 rings (SSSR count). The van der Waals surface area contributed by atoms with Gasteiger partial charge < -0.3 is 15.0 Å². The van der Waals surface area contributed by atoms with E-state index in [0.29, 0.717) is 12.3 Å². The summed E-state index contributed by atoms with van der Waals surface area (Å²) in [4.78, 5) is 14.2. The van der Waals surface area contributed by atoms with Crippen LogP contribution in [0.25, 0.3) is 0 Å². The van der Waals surface area contributed by atoms with Crippen LogP contribution in [-0.4, -0.2) is 44.1 Å². The number of piperazine rings is 1. The molecule has 0 bridgehead atoms. The normalized spacial score (nSPS) is 16.8. The quantitative estimate of drug-likeness (QED) is 0.890. The molecule has 1 aromatic carbocycles. The second-order valence-corrected chi connectivity index (χ2v) is 5.49. The van der Waals surface area contributed by atoms with Gasteiger partial charge in [-0.05, 0) is 30.0 Å². The third-order valence-corrected chi connectivity index (χ3v) is 3.74. The van der Waals surface area contributed by atoms with Gasteiger partial charge in [0.2, 0.25) is 5.91 Å². The number of carbonyl (C=O) groups excluding carboxylic acids is 1. The maximum Gasteiger partial charge on any atom is 0.222 e. The zero-order valence-corrected chi connectivity index (χ0v) is 12.4. The van der Waals surface area contributed by atoms with Crippen molar-refractivity contribution in [2.24, 2.45) is 5.92 Å². The van der Waals surface area contributed by atoms with Gasteiger partial charge in [-0.3, -0.25) is 4.79 Å². The highest BCUT2D eigenvalue weighted by Gasteiger charge is 2.18. The van der Waals surface area contributed by atoms with Crippen molar-refractivity contribution in [1.29, 1.82) is 0 Å². The molecule has 1 atom stereocenters. The Morgan fingerprint density at radius 2 is 1.95 bits per heavy atom. The number of rotatable bonds is 5. The molecule has 1 aromatic rings. The van der Waals surface area contributed by atoms with Gasteiger partial charge in [0, 0.05) is 32.6 Å². The molecule has 0 spiro atoms. The minimum atomic E-state index is 0.285. The third kappa shape index (κ3) is 4.23. The van der Waals surface area contributed by atoms with Crippen LogP contribution in [0.1, 0.15) is 18.9 Å². The monoisotopic (exact) mass is 276 g/mol. The Morgan fingerprint density at radius 3 is 2.55 bits per heavy atom. The molecule has 1 aliphatic rings. The van der Waals surface area contributed by atoms with Crippen LogP contribution < -0.4 is 10.1 Å². The fourth-order valence-electron chi connectivity index (χ4n) is 2.58. The smallest absolute Gasteiger partial charge is 0.222 e. The highest BCUT2D eigenvalue weighted by molar-refractivity contribution is 5.76. The molecular weight excluding hydrogens is 252 g/mol. The summed E-state index contributed by atoms with van der Waals surface area (Å²) in [6.45, 7) is 5.66. The van der Waals surface area contributed by atoms with Gasteiger partial charge in [0.05, 0.1) is 7.11 Å². The van der Waals surface area contributed by atoms with E-state index in [-0.39, 0.29) is 5.91 Å². The summed E-state index contributed by atoms with van der Waals surface area (Å²) in [5, 5.41) is 3.27. The molecule has 1 saturated heterocycles. The molecule has 0 saturated carbocycles. The van der Waals surface area contributed by atoms with Crippen molar-refractivity contribution in [3.05, 3.63) is 29.8 Å².